The van der Waals surface area contributed by atoms with Gasteiger partial charge >= 0.3 is 0 Å². The van der Waals surface area contributed by atoms with Crippen LogP contribution in [0, 0.1) is 0 Å². The van der Waals surface area contributed by atoms with Crippen LogP contribution in [-0.2, 0) is 16.4 Å². The molecule has 0 unspecified atom stereocenters. The maximum Gasteiger partial charge on any atom is 0.264 e. The van der Waals surface area contributed by atoms with E-state index in [1.54, 1.807) is 61.5 Å². The number of hydrogen-bond acceptors (Lipinski definition) is 4. The maximum atomic E-state index is 13.2. The Balaban J connectivity index is 1.71. The summed E-state index contributed by atoms with van der Waals surface area (Å²) in [4.78, 5) is 23.9. The molecule has 2 amide bonds. The highest BCUT2D eigenvalue weighted by Crippen LogP contribution is 2.23. The van der Waals surface area contributed by atoms with Crippen LogP contribution in [0.5, 0.6) is 0 Å². The van der Waals surface area contributed by atoms with Crippen LogP contribution in [0.2, 0.25) is 0 Å². The molecule has 3 aromatic rings. The third-order valence-electron chi connectivity index (χ3n) is 4.93. The predicted molar refractivity (Wildman–Crippen MR) is 124 cm³/mol. The minimum absolute atomic E-state index is 0.0463. The average molecular weight is 452 g/mol. The predicted octanol–water partition coefficient (Wildman–Crippen LogP) is 2.97. The van der Waals surface area contributed by atoms with Crippen molar-refractivity contribution in [3.05, 3.63) is 95.6 Å². The highest BCUT2D eigenvalue weighted by Gasteiger charge is 2.24. The molecule has 0 spiro atoms. The lowest BCUT2D eigenvalue weighted by molar-refractivity contribution is 0.0952. The number of nitrogens with zero attached hydrogens (tertiary/aromatic N) is 1. The fourth-order valence-corrected chi connectivity index (χ4v) is 4.83. The maximum absolute atomic E-state index is 13.2. The molecule has 3 aromatic carbocycles. The second kappa shape index (κ2) is 10.1. The SMILES string of the molecule is CCN(c1ccccc1)S(=O)(=O)c1cccc(C(=O)NCCc2cccc(C(N)=O)c2)c1. The van der Waals surface area contributed by atoms with E-state index < -0.39 is 15.9 Å². The first-order valence-corrected chi connectivity index (χ1v) is 11.6. The number of amides is 2. The molecule has 3 N–H and O–H groups in total. The fourth-order valence-electron chi connectivity index (χ4n) is 3.31. The largest absolute Gasteiger partial charge is 0.366 e. The zero-order valence-corrected chi connectivity index (χ0v) is 18.5. The van der Waals surface area contributed by atoms with Crippen LogP contribution in [0.4, 0.5) is 5.69 Å². The van der Waals surface area contributed by atoms with E-state index in [1.165, 1.54) is 16.4 Å². The van der Waals surface area contributed by atoms with Crippen LogP contribution in [0.25, 0.3) is 0 Å². The van der Waals surface area contributed by atoms with Crippen LogP contribution in [0.3, 0.4) is 0 Å². The molecule has 0 fully saturated rings. The zero-order chi connectivity index (χ0) is 23.1. The van der Waals surface area contributed by atoms with Crippen molar-refractivity contribution in [3.8, 4) is 0 Å². The molecule has 0 heterocycles. The summed E-state index contributed by atoms with van der Waals surface area (Å²) < 4.78 is 27.7. The van der Waals surface area contributed by atoms with E-state index in [0.29, 0.717) is 24.2 Å². The number of hydrogen-bond donors (Lipinski definition) is 2. The van der Waals surface area contributed by atoms with Crippen LogP contribution < -0.4 is 15.4 Å². The molecular formula is C24H25N3O4S. The molecule has 0 aliphatic carbocycles. The first-order chi connectivity index (χ1) is 15.3. The molecule has 0 saturated carbocycles. The summed E-state index contributed by atoms with van der Waals surface area (Å²) in [5, 5.41) is 2.79. The summed E-state index contributed by atoms with van der Waals surface area (Å²) in [6.07, 6.45) is 0.502. The van der Waals surface area contributed by atoms with Gasteiger partial charge in [-0.3, -0.25) is 13.9 Å². The molecule has 0 aromatic heterocycles. The smallest absolute Gasteiger partial charge is 0.264 e. The van der Waals surface area contributed by atoms with Gasteiger partial charge in [0.2, 0.25) is 5.91 Å². The van der Waals surface area contributed by atoms with Gasteiger partial charge in [-0.15, -0.1) is 0 Å². The van der Waals surface area contributed by atoms with Crippen LogP contribution in [-0.4, -0.2) is 33.3 Å². The Morgan fingerprint density at radius 3 is 2.28 bits per heavy atom. The Kier molecular flexibility index (Phi) is 7.27. The van der Waals surface area contributed by atoms with Crippen molar-refractivity contribution in [3.63, 3.8) is 0 Å². The van der Waals surface area contributed by atoms with Gasteiger partial charge in [0.1, 0.15) is 0 Å². The normalized spacial score (nSPS) is 11.0. The van der Waals surface area contributed by atoms with E-state index in [9.17, 15) is 18.0 Å². The van der Waals surface area contributed by atoms with Crippen molar-refractivity contribution >= 4 is 27.5 Å². The van der Waals surface area contributed by atoms with Crippen molar-refractivity contribution in [1.82, 2.24) is 5.32 Å². The Morgan fingerprint density at radius 2 is 1.59 bits per heavy atom. The van der Waals surface area contributed by atoms with Crippen molar-refractivity contribution < 1.29 is 18.0 Å². The third-order valence-corrected chi connectivity index (χ3v) is 6.83. The lowest BCUT2D eigenvalue weighted by atomic mass is 10.1. The fraction of sp³-hybridized carbons (Fsp3) is 0.167. The van der Waals surface area contributed by atoms with Crippen LogP contribution in [0.15, 0.2) is 83.8 Å². The van der Waals surface area contributed by atoms with Gasteiger partial charge in [-0.25, -0.2) is 8.42 Å². The molecule has 32 heavy (non-hydrogen) atoms. The van der Waals surface area contributed by atoms with Gasteiger partial charge in [0.25, 0.3) is 15.9 Å². The molecule has 7 nitrogen and oxygen atoms in total. The lowest BCUT2D eigenvalue weighted by Gasteiger charge is -2.23. The van der Waals surface area contributed by atoms with E-state index in [4.69, 9.17) is 5.73 Å². The molecule has 166 valence electrons. The zero-order valence-electron chi connectivity index (χ0n) is 17.7. The topological polar surface area (TPSA) is 110 Å². The summed E-state index contributed by atoms with van der Waals surface area (Å²) in [6, 6.07) is 21.7. The number of para-hydroxylation sites is 1. The second-order valence-corrected chi connectivity index (χ2v) is 8.97. The molecule has 0 aliphatic heterocycles. The summed E-state index contributed by atoms with van der Waals surface area (Å²) in [5.74, 6) is -0.888. The van der Waals surface area contributed by atoms with Crippen molar-refractivity contribution in [2.24, 2.45) is 5.73 Å². The van der Waals surface area contributed by atoms with Crippen molar-refractivity contribution in [1.29, 1.82) is 0 Å². The summed E-state index contributed by atoms with van der Waals surface area (Å²) >= 11 is 0. The highest BCUT2D eigenvalue weighted by atomic mass is 32.2. The minimum Gasteiger partial charge on any atom is -0.366 e. The monoisotopic (exact) mass is 451 g/mol. The number of rotatable bonds is 9. The third kappa shape index (κ3) is 5.33. The van der Waals surface area contributed by atoms with Gasteiger partial charge in [0.15, 0.2) is 0 Å². The van der Waals surface area contributed by atoms with Gasteiger partial charge in [-0.2, -0.15) is 0 Å². The van der Waals surface area contributed by atoms with Gasteiger partial charge in [0.05, 0.1) is 10.6 Å². The molecular weight excluding hydrogens is 426 g/mol. The lowest BCUT2D eigenvalue weighted by Crippen LogP contribution is -2.31. The number of carbonyl (C=O) groups is 2. The van der Waals surface area contributed by atoms with Gasteiger partial charge in [-0.1, -0.05) is 36.4 Å². The quantitative estimate of drug-likeness (QED) is 0.521. The van der Waals surface area contributed by atoms with Crippen molar-refractivity contribution in [2.75, 3.05) is 17.4 Å². The average Bonchev–Trinajstić information content (AvgIpc) is 2.80. The molecule has 3 rings (SSSR count). The Morgan fingerprint density at radius 1 is 0.906 bits per heavy atom. The molecule has 0 saturated heterocycles. The number of nitrogens with two attached hydrogens (primary N) is 1. The van der Waals surface area contributed by atoms with E-state index in [0.717, 1.165) is 5.56 Å². The summed E-state index contributed by atoms with van der Waals surface area (Å²) in [7, 11) is -3.83. The van der Waals surface area contributed by atoms with E-state index in [2.05, 4.69) is 5.32 Å². The Bertz CT molecular complexity index is 1210. The van der Waals surface area contributed by atoms with Crippen LogP contribution >= 0.6 is 0 Å². The number of anilines is 1. The number of nitrogens with one attached hydrogen (secondary N) is 1. The Hall–Kier alpha value is -3.65. The van der Waals surface area contributed by atoms with E-state index in [1.807, 2.05) is 12.1 Å². The molecule has 0 atom stereocenters. The molecule has 0 aliphatic rings. The first-order valence-electron chi connectivity index (χ1n) is 10.2. The number of benzene rings is 3. The van der Waals surface area contributed by atoms with Gasteiger partial charge < -0.3 is 11.1 Å². The standard InChI is InChI=1S/C24H25N3O4S/c1-2-27(21-11-4-3-5-12-21)32(30,31)22-13-7-10-20(17-22)24(29)26-15-14-18-8-6-9-19(16-18)23(25)28/h3-13,16-17H,2,14-15H2,1H3,(H2,25,28)(H,26,29). The van der Waals surface area contributed by atoms with Gasteiger partial charge in [0, 0.05) is 24.2 Å². The van der Waals surface area contributed by atoms with E-state index >= 15 is 0 Å². The Labute approximate surface area is 187 Å². The molecule has 8 heteroatoms. The summed E-state index contributed by atoms with van der Waals surface area (Å²) in [6.45, 7) is 2.34. The number of carbonyl (C=O) groups excluding carboxylic acids is 2. The second-order valence-electron chi connectivity index (χ2n) is 7.10. The first kappa shape index (κ1) is 23.0. The van der Waals surface area contributed by atoms with E-state index in [-0.39, 0.29) is 22.9 Å². The number of sulfonamides is 1. The minimum atomic E-state index is -3.83. The van der Waals surface area contributed by atoms with Crippen LogP contribution in [0.1, 0.15) is 33.2 Å². The number of primary amides is 1. The molecule has 0 bridgehead atoms. The summed E-state index contributed by atoms with van der Waals surface area (Å²) in [5.41, 5.74) is 7.37. The highest BCUT2D eigenvalue weighted by molar-refractivity contribution is 7.92. The van der Waals surface area contributed by atoms with Gasteiger partial charge in [-0.05, 0) is 61.4 Å². The molecule has 0 radical (unpaired) electrons. The van der Waals surface area contributed by atoms with Crippen molar-refractivity contribution in [2.45, 2.75) is 18.2 Å².